The van der Waals surface area contributed by atoms with Crippen molar-refractivity contribution >= 4 is 0 Å². The Balaban J connectivity index is 1.88. The summed E-state index contributed by atoms with van der Waals surface area (Å²) in [6.45, 7) is 0.585. The quantitative estimate of drug-likeness (QED) is 0.287. The maximum atomic E-state index is 9.40. The lowest BCUT2D eigenvalue weighted by Gasteiger charge is -2.36. The van der Waals surface area contributed by atoms with Crippen molar-refractivity contribution in [3.63, 3.8) is 0 Å². The summed E-state index contributed by atoms with van der Waals surface area (Å²) in [5.41, 5.74) is 2.60. The lowest BCUT2D eigenvalue weighted by atomic mass is 9.80. The van der Waals surface area contributed by atoms with Crippen molar-refractivity contribution in [1.82, 2.24) is 0 Å². The van der Waals surface area contributed by atoms with Crippen LogP contribution in [-0.2, 0) is 10.3 Å². The Morgan fingerprint density at radius 1 is 0.724 bits per heavy atom. The molecule has 0 aliphatic carbocycles. The Morgan fingerprint density at radius 3 is 1.59 bits per heavy atom. The van der Waals surface area contributed by atoms with E-state index in [1.165, 1.54) is 0 Å². The predicted molar refractivity (Wildman–Crippen MR) is 115 cm³/mol. The number of rotatable bonds is 10. The first-order valence-corrected chi connectivity index (χ1v) is 10.2. The molecule has 3 rings (SSSR count). The standard InChI is InChI=1S/C26H27NO2/c27-21-25(28)19-11-4-12-20-29-26(22-13-5-1-6-14-22,23-15-7-2-8-16-23)24-17-9-3-10-18-24/h1-3,5-10,13-18,25,28H,4,11-12,19-20H2/t25-/m1/s1. The number of unbranched alkanes of at least 4 members (excludes halogenated alkanes) is 2. The summed E-state index contributed by atoms with van der Waals surface area (Å²) in [4.78, 5) is 0. The highest BCUT2D eigenvalue weighted by Crippen LogP contribution is 2.40. The monoisotopic (exact) mass is 385 g/mol. The van der Waals surface area contributed by atoms with Crippen molar-refractivity contribution in [3.05, 3.63) is 108 Å². The first-order valence-electron chi connectivity index (χ1n) is 10.2. The van der Waals surface area contributed by atoms with Gasteiger partial charge in [0.05, 0.1) is 6.07 Å². The van der Waals surface area contributed by atoms with Gasteiger partial charge in [-0.05, 0) is 36.0 Å². The van der Waals surface area contributed by atoms with Gasteiger partial charge in [0, 0.05) is 6.61 Å². The average Bonchev–Trinajstić information content (AvgIpc) is 2.80. The van der Waals surface area contributed by atoms with Crippen molar-refractivity contribution in [2.75, 3.05) is 6.61 Å². The van der Waals surface area contributed by atoms with Gasteiger partial charge in [0.15, 0.2) is 0 Å². The first-order chi connectivity index (χ1) is 14.3. The molecule has 0 bridgehead atoms. The van der Waals surface area contributed by atoms with E-state index in [0.29, 0.717) is 13.0 Å². The highest BCUT2D eigenvalue weighted by atomic mass is 16.5. The van der Waals surface area contributed by atoms with Crippen LogP contribution in [0.4, 0.5) is 0 Å². The fourth-order valence-corrected chi connectivity index (χ4v) is 3.67. The molecule has 3 heteroatoms. The van der Waals surface area contributed by atoms with E-state index >= 15 is 0 Å². The minimum atomic E-state index is -0.868. The average molecular weight is 386 g/mol. The van der Waals surface area contributed by atoms with Crippen LogP contribution >= 0.6 is 0 Å². The van der Waals surface area contributed by atoms with Crippen LogP contribution in [-0.4, -0.2) is 17.8 Å². The van der Waals surface area contributed by atoms with E-state index in [0.717, 1.165) is 36.0 Å². The molecule has 0 saturated heterocycles. The topological polar surface area (TPSA) is 53.2 Å². The Bertz CT molecular complexity index is 792. The summed E-state index contributed by atoms with van der Waals surface area (Å²) in [5.74, 6) is 0. The second-order valence-electron chi connectivity index (χ2n) is 7.12. The SMILES string of the molecule is N#C[C@H](O)CCCCCOC(c1ccccc1)(c1ccccc1)c1ccccc1. The molecule has 0 amide bonds. The molecule has 1 atom stereocenters. The van der Waals surface area contributed by atoms with Crippen LogP contribution in [0.25, 0.3) is 0 Å². The highest BCUT2D eigenvalue weighted by Gasteiger charge is 2.37. The van der Waals surface area contributed by atoms with Crippen molar-refractivity contribution in [2.45, 2.75) is 37.4 Å². The van der Waals surface area contributed by atoms with Gasteiger partial charge < -0.3 is 9.84 Å². The molecule has 0 aliphatic heterocycles. The van der Waals surface area contributed by atoms with Gasteiger partial charge in [-0.3, -0.25) is 0 Å². The third-order valence-electron chi connectivity index (χ3n) is 5.13. The maximum Gasteiger partial charge on any atom is 0.143 e. The summed E-state index contributed by atoms with van der Waals surface area (Å²) in [5, 5.41) is 18.1. The van der Waals surface area contributed by atoms with E-state index in [1.807, 2.05) is 60.7 Å². The van der Waals surface area contributed by atoms with Gasteiger partial charge in [0.2, 0.25) is 0 Å². The third-order valence-corrected chi connectivity index (χ3v) is 5.13. The fourth-order valence-electron chi connectivity index (χ4n) is 3.67. The molecule has 0 fully saturated rings. The van der Waals surface area contributed by atoms with Crippen LogP contribution in [0.3, 0.4) is 0 Å². The number of aliphatic hydroxyl groups is 1. The molecule has 0 unspecified atom stereocenters. The van der Waals surface area contributed by atoms with E-state index in [2.05, 4.69) is 36.4 Å². The molecule has 0 spiro atoms. The van der Waals surface area contributed by atoms with Gasteiger partial charge in [-0.15, -0.1) is 0 Å². The van der Waals surface area contributed by atoms with E-state index in [1.54, 1.807) is 0 Å². The third kappa shape index (κ3) is 5.12. The van der Waals surface area contributed by atoms with Gasteiger partial charge in [0.1, 0.15) is 11.7 Å². The number of hydrogen-bond acceptors (Lipinski definition) is 3. The first kappa shape index (κ1) is 20.8. The molecular formula is C26H27NO2. The Kier molecular flexibility index (Phi) is 7.58. The molecule has 3 aromatic rings. The van der Waals surface area contributed by atoms with Gasteiger partial charge in [-0.1, -0.05) is 97.4 Å². The van der Waals surface area contributed by atoms with Crippen molar-refractivity contribution in [3.8, 4) is 6.07 Å². The number of hydrogen-bond donors (Lipinski definition) is 1. The second-order valence-corrected chi connectivity index (χ2v) is 7.12. The lowest BCUT2D eigenvalue weighted by molar-refractivity contribution is 0.0104. The molecule has 0 radical (unpaired) electrons. The summed E-state index contributed by atoms with van der Waals surface area (Å²) < 4.78 is 6.69. The van der Waals surface area contributed by atoms with Gasteiger partial charge in [-0.25, -0.2) is 0 Å². The molecule has 0 saturated carbocycles. The molecule has 0 heterocycles. The minimum Gasteiger partial charge on any atom is -0.378 e. The Hall–Kier alpha value is -2.93. The van der Waals surface area contributed by atoms with Crippen LogP contribution in [0.15, 0.2) is 91.0 Å². The predicted octanol–water partition coefficient (Wildman–Crippen LogP) is 5.44. The van der Waals surface area contributed by atoms with Crippen LogP contribution in [0.1, 0.15) is 42.4 Å². The number of benzene rings is 3. The molecule has 0 aliphatic rings. The summed E-state index contributed by atoms with van der Waals surface area (Å²) in [6.07, 6.45) is 2.23. The molecule has 29 heavy (non-hydrogen) atoms. The Morgan fingerprint density at radius 2 is 1.17 bits per heavy atom. The molecule has 3 nitrogen and oxygen atoms in total. The van der Waals surface area contributed by atoms with E-state index in [9.17, 15) is 5.11 Å². The fraction of sp³-hybridized carbons (Fsp3) is 0.269. The van der Waals surface area contributed by atoms with Crippen LogP contribution < -0.4 is 0 Å². The molecular weight excluding hydrogens is 358 g/mol. The van der Waals surface area contributed by atoms with Crippen LogP contribution in [0.5, 0.6) is 0 Å². The summed E-state index contributed by atoms with van der Waals surface area (Å²) in [7, 11) is 0. The van der Waals surface area contributed by atoms with Gasteiger partial charge >= 0.3 is 0 Å². The summed E-state index contributed by atoms with van der Waals surface area (Å²) in [6, 6.07) is 32.9. The number of ether oxygens (including phenoxy) is 1. The highest BCUT2D eigenvalue weighted by molar-refractivity contribution is 5.47. The molecule has 1 N–H and O–H groups in total. The normalized spacial score (nSPS) is 12.3. The number of nitrogens with zero attached hydrogens (tertiary/aromatic N) is 1. The second kappa shape index (κ2) is 10.6. The number of aliphatic hydroxyl groups excluding tert-OH is 1. The minimum absolute atomic E-state index is 0.512. The number of nitriles is 1. The van der Waals surface area contributed by atoms with Crippen molar-refractivity contribution < 1.29 is 9.84 Å². The smallest absolute Gasteiger partial charge is 0.143 e. The van der Waals surface area contributed by atoms with Crippen molar-refractivity contribution in [1.29, 1.82) is 5.26 Å². The Labute approximate surface area is 173 Å². The van der Waals surface area contributed by atoms with E-state index in [-0.39, 0.29) is 0 Å². The van der Waals surface area contributed by atoms with E-state index in [4.69, 9.17) is 10.00 Å². The maximum absolute atomic E-state index is 9.40. The van der Waals surface area contributed by atoms with Gasteiger partial charge in [-0.2, -0.15) is 5.26 Å². The molecule has 148 valence electrons. The molecule has 0 aromatic heterocycles. The van der Waals surface area contributed by atoms with Crippen LogP contribution in [0, 0.1) is 11.3 Å². The van der Waals surface area contributed by atoms with Crippen LogP contribution in [0.2, 0.25) is 0 Å². The lowest BCUT2D eigenvalue weighted by Crippen LogP contribution is -2.33. The zero-order valence-corrected chi connectivity index (χ0v) is 16.6. The zero-order valence-electron chi connectivity index (χ0n) is 16.6. The summed E-state index contributed by atoms with van der Waals surface area (Å²) >= 11 is 0. The zero-order chi connectivity index (χ0) is 20.4. The molecule has 3 aromatic carbocycles. The van der Waals surface area contributed by atoms with Gasteiger partial charge in [0.25, 0.3) is 0 Å². The van der Waals surface area contributed by atoms with E-state index < -0.39 is 11.7 Å². The van der Waals surface area contributed by atoms with Crippen molar-refractivity contribution in [2.24, 2.45) is 0 Å². The largest absolute Gasteiger partial charge is 0.378 e.